The highest BCUT2D eigenvalue weighted by Crippen LogP contribution is 2.33. The summed E-state index contributed by atoms with van der Waals surface area (Å²) in [6.45, 7) is 1.33. The number of amides is 1. The van der Waals surface area contributed by atoms with Crippen molar-refractivity contribution in [2.24, 2.45) is 5.73 Å². The second-order valence-electron chi connectivity index (χ2n) is 4.94. The Morgan fingerprint density at radius 2 is 2.11 bits per heavy atom. The second-order valence-corrected chi connectivity index (χ2v) is 4.94. The molecule has 19 heavy (non-hydrogen) atoms. The monoisotopic (exact) mass is 262 g/mol. The molecule has 0 atom stereocenters. The molecule has 2 aliphatic rings. The Hall–Kier alpha value is -1.75. The Labute approximate surface area is 112 Å². The Morgan fingerprint density at radius 1 is 1.32 bits per heavy atom. The number of carbonyl (C=O) groups is 1. The summed E-state index contributed by atoms with van der Waals surface area (Å²) in [6, 6.07) is 5.68. The van der Waals surface area contributed by atoms with Crippen LogP contribution in [-0.4, -0.2) is 36.7 Å². The summed E-state index contributed by atoms with van der Waals surface area (Å²) in [4.78, 5) is 14.4. The molecule has 0 aromatic heterocycles. The van der Waals surface area contributed by atoms with Crippen molar-refractivity contribution < 1.29 is 14.3 Å². The van der Waals surface area contributed by atoms with Crippen LogP contribution < -0.4 is 15.2 Å². The van der Waals surface area contributed by atoms with Crippen LogP contribution in [0.25, 0.3) is 0 Å². The first-order chi connectivity index (χ1) is 9.29. The van der Waals surface area contributed by atoms with E-state index in [1.807, 2.05) is 4.90 Å². The van der Waals surface area contributed by atoms with Gasteiger partial charge in [0.15, 0.2) is 11.5 Å². The zero-order valence-electron chi connectivity index (χ0n) is 10.8. The van der Waals surface area contributed by atoms with Crippen LogP contribution in [0.2, 0.25) is 0 Å². The van der Waals surface area contributed by atoms with Gasteiger partial charge in [0, 0.05) is 24.7 Å². The number of nitrogens with zero attached hydrogens (tertiary/aromatic N) is 1. The van der Waals surface area contributed by atoms with Crippen LogP contribution in [0.3, 0.4) is 0 Å². The summed E-state index contributed by atoms with van der Waals surface area (Å²) in [5.74, 6) is 1.38. The molecule has 0 spiro atoms. The molecule has 5 nitrogen and oxygen atoms in total. The van der Waals surface area contributed by atoms with Crippen molar-refractivity contribution in [1.82, 2.24) is 4.90 Å². The Morgan fingerprint density at radius 3 is 2.79 bits per heavy atom. The summed E-state index contributed by atoms with van der Waals surface area (Å²) in [6.07, 6.45) is 3.35. The van der Waals surface area contributed by atoms with Gasteiger partial charge in [-0.1, -0.05) is 0 Å². The highest BCUT2D eigenvalue weighted by molar-refractivity contribution is 5.95. The number of benzene rings is 1. The first-order valence-corrected chi connectivity index (χ1v) is 6.70. The van der Waals surface area contributed by atoms with E-state index in [0.717, 1.165) is 12.8 Å². The van der Waals surface area contributed by atoms with E-state index in [4.69, 9.17) is 15.2 Å². The van der Waals surface area contributed by atoms with E-state index < -0.39 is 0 Å². The van der Waals surface area contributed by atoms with Crippen molar-refractivity contribution in [1.29, 1.82) is 0 Å². The lowest BCUT2D eigenvalue weighted by molar-refractivity contribution is 0.0588. The SMILES string of the molecule is NCCN(C(=O)c1ccc2c(c1)OCO2)C1CCC1. The third-order valence-electron chi connectivity index (χ3n) is 3.77. The van der Waals surface area contributed by atoms with E-state index in [1.165, 1.54) is 6.42 Å². The molecule has 1 amide bonds. The maximum absolute atomic E-state index is 12.5. The maximum atomic E-state index is 12.5. The van der Waals surface area contributed by atoms with Gasteiger partial charge in [0.2, 0.25) is 6.79 Å². The molecule has 1 aliphatic carbocycles. The fraction of sp³-hybridized carbons (Fsp3) is 0.500. The van der Waals surface area contributed by atoms with Gasteiger partial charge in [0.1, 0.15) is 0 Å². The molecule has 1 aliphatic heterocycles. The van der Waals surface area contributed by atoms with Crippen molar-refractivity contribution >= 4 is 5.91 Å². The lowest BCUT2D eigenvalue weighted by Gasteiger charge is -2.37. The van der Waals surface area contributed by atoms with Gasteiger partial charge in [-0.2, -0.15) is 0 Å². The van der Waals surface area contributed by atoms with Gasteiger partial charge < -0.3 is 20.1 Å². The number of hydrogen-bond donors (Lipinski definition) is 1. The van der Waals surface area contributed by atoms with E-state index >= 15 is 0 Å². The highest BCUT2D eigenvalue weighted by Gasteiger charge is 2.29. The third kappa shape index (κ3) is 2.26. The van der Waals surface area contributed by atoms with Crippen LogP contribution in [0.5, 0.6) is 11.5 Å². The molecule has 1 saturated carbocycles. The molecule has 0 bridgehead atoms. The first kappa shape index (κ1) is 12.3. The number of nitrogens with two attached hydrogens (primary N) is 1. The van der Waals surface area contributed by atoms with Gasteiger partial charge in [-0.3, -0.25) is 4.79 Å². The van der Waals surface area contributed by atoms with Crippen LogP contribution in [0.4, 0.5) is 0 Å². The molecule has 0 radical (unpaired) electrons. The van der Waals surface area contributed by atoms with Crippen LogP contribution in [0, 0.1) is 0 Å². The smallest absolute Gasteiger partial charge is 0.254 e. The average molecular weight is 262 g/mol. The Balaban J connectivity index is 1.81. The van der Waals surface area contributed by atoms with Crippen LogP contribution in [0.1, 0.15) is 29.6 Å². The third-order valence-corrected chi connectivity index (χ3v) is 3.77. The number of hydrogen-bond acceptors (Lipinski definition) is 4. The van der Waals surface area contributed by atoms with Crippen molar-refractivity contribution in [3.05, 3.63) is 23.8 Å². The molecule has 2 N–H and O–H groups in total. The maximum Gasteiger partial charge on any atom is 0.254 e. The summed E-state index contributed by atoms with van der Waals surface area (Å²) >= 11 is 0. The standard InChI is InChI=1S/C14H18N2O3/c15-6-7-16(11-2-1-3-11)14(17)10-4-5-12-13(8-10)19-9-18-12/h4-5,8,11H,1-3,6-7,9,15H2. The largest absolute Gasteiger partial charge is 0.454 e. The van der Waals surface area contributed by atoms with E-state index in [9.17, 15) is 4.79 Å². The molecule has 1 fully saturated rings. The van der Waals surface area contributed by atoms with Gasteiger partial charge in [0.25, 0.3) is 5.91 Å². The van der Waals surface area contributed by atoms with E-state index in [0.29, 0.717) is 36.2 Å². The number of carbonyl (C=O) groups excluding carboxylic acids is 1. The van der Waals surface area contributed by atoms with Gasteiger partial charge in [-0.15, -0.1) is 0 Å². The molecule has 102 valence electrons. The van der Waals surface area contributed by atoms with E-state index in [2.05, 4.69) is 0 Å². The predicted molar refractivity (Wildman–Crippen MR) is 70.3 cm³/mol. The summed E-state index contributed by atoms with van der Waals surface area (Å²) in [7, 11) is 0. The fourth-order valence-corrected chi connectivity index (χ4v) is 2.48. The van der Waals surface area contributed by atoms with Crippen LogP contribution in [0.15, 0.2) is 18.2 Å². The highest BCUT2D eigenvalue weighted by atomic mass is 16.7. The number of ether oxygens (including phenoxy) is 2. The first-order valence-electron chi connectivity index (χ1n) is 6.70. The van der Waals surface area contributed by atoms with Gasteiger partial charge in [0.05, 0.1) is 0 Å². The van der Waals surface area contributed by atoms with Crippen molar-refractivity contribution in [2.45, 2.75) is 25.3 Å². The van der Waals surface area contributed by atoms with E-state index in [-0.39, 0.29) is 12.7 Å². The predicted octanol–water partition coefficient (Wildman–Crippen LogP) is 1.37. The van der Waals surface area contributed by atoms with Crippen molar-refractivity contribution in [2.75, 3.05) is 19.9 Å². The fourth-order valence-electron chi connectivity index (χ4n) is 2.48. The minimum Gasteiger partial charge on any atom is -0.454 e. The Bertz CT molecular complexity index is 486. The minimum atomic E-state index is 0.0356. The number of rotatable bonds is 4. The van der Waals surface area contributed by atoms with Gasteiger partial charge in [-0.25, -0.2) is 0 Å². The molecule has 1 aromatic carbocycles. The quantitative estimate of drug-likeness (QED) is 0.890. The Kier molecular flexibility index (Phi) is 3.29. The molecular weight excluding hydrogens is 244 g/mol. The molecule has 1 heterocycles. The lowest BCUT2D eigenvalue weighted by Crippen LogP contribution is -2.46. The molecule has 1 aromatic rings. The average Bonchev–Trinajstić information content (AvgIpc) is 2.82. The van der Waals surface area contributed by atoms with Crippen molar-refractivity contribution in [3.63, 3.8) is 0 Å². The summed E-state index contributed by atoms with van der Waals surface area (Å²) in [5.41, 5.74) is 6.26. The van der Waals surface area contributed by atoms with Crippen LogP contribution >= 0.6 is 0 Å². The van der Waals surface area contributed by atoms with Crippen molar-refractivity contribution in [3.8, 4) is 11.5 Å². The summed E-state index contributed by atoms with van der Waals surface area (Å²) in [5, 5.41) is 0. The minimum absolute atomic E-state index is 0.0356. The molecule has 3 rings (SSSR count). The van der Waals surface area contributed by atoms with Gasteiger partial charge in [-0.05, 0) is 37.5 Å². The molecule has 0 saturated heterocycles. The van der Waals surface area contributed by atoms with E-state index in [1.54, 1.807) is 18.2 Å². The second kappa shape index (κ2) is 5.09. The zero-order valence-corrected chi connectivity index (χ0v) is 10.8. The molecule has 0 unspecified atom stereocenters. The molecule has 5 heteroatoms. The van der Waals surface area contributed by atoms with Crippen LogP contribution in [-0.2, 0) is 0 Å². The summed E-state index contributed by atoms with van der Waals surface area (Å²) < 4.78 is 10.6. The number of fused-ring (bicyclic) bond motifs is 1. The van der Waals surface area contributed by atoms with Gasteiger partial charge >= 0.3 is 0 Å². The normalized spacial score (nSPS) is 17.1. The topological polar surface area (TPSA) is 64.8 Å². The molecular formula is C14H18N2O3. The zero-order chi connectivity index (χ0) is 13.2. The lowest BCUT2D eigenvalue weighted by atomic mass is 9.91.